The summed E-state index contributed by atoms with van der Waals surface area (Å²) < 4.78 is 30.3. The summed E-state index contributed by atoms with van der Waals surface area (Å²) in [6.45, 7) is 12.5. The molecule has 0 radical (unpaired) electrons. The van der Waals surface area contributed by atoms with Crippen LogP contribution in [0, 0.1) is 41.5 Å². The minimum Gasteiger partial charge on any atom is -0.336 e. The third-order valence-corrected chi connectivity index (χ3v) is 9.01. The van der Waals surface area contributed by atoms with Gasteiger partial charge in [0, 0.05) is 38.6 Å². The Labute approximate surface area is 195 Å². The predicted molar refractivity (Wildman–Crippen MR) is 128 cm³/mol. The fourth-order valence-corrected chi connectivity index (χ4v) is 6.64. The van der Waals surface area contributed by atoms with E-state index in [9.17, 15) is 13.2 Å². The molecule has 3 aromatic rings. The average Bonchev–Trinajstić information content (AvgIpc) is 3.04. The van der Waals surface area contributed by atoms with Crippen molar-refractivity contribution in [1.82, 2.24) is 24.0 Å². The number of sulfonamides is 1. The summed E-state index contributed by atoms with van der Waals surface area (Å²) in [5.74, 6) is -0.124. The number of fused-ring (bicyclic) bond motifs is 1. The van der Waals surface area contributed by atoms with Gasteiger partial charge in [-0.2, -0.15) is 9.40 Å². The largest absolute Gasteiger partial charge is 0.336 e. The third-order valence-electron chi connectivity index (χ3n) is 6.84. The van der Waals surface area contributed by atoms with Gasteiger partial charge in [0.1, 0.15) is 0 Å². The first-order valence-electron chi connectivity index (χ1n) is 11.1. The summed E-state index contributed by atoms with van der Waals surface area (Å²) >= 11 is 0. The first-order valence-corrected chi connectivity index (χ1v) is 12.5. The topological polar surface area (TPSA) is 88.4 Å². The second kappa shape index (κ2) is 8.22. The van der Waals surface area contributed by atoms with Crippen LogP contribution in [0.1, 0.15) is 44.0 Å². The maximum atomic E-state index is 13.5. The monoisotopic (exact) mass is 469 g/mol. The van der Waals surface area contributed by atoms with Gasteiger partial charge in [0.15, 0.2) is 5.65 Å². The smallest absolute Gasteiger partial charge is 0.255 e. The number of carbonyl (C=O) groups excluding carboxylic acids is 1. The Morgan fingerprint density at radius 1 is 0.879 bits per heavy atom. The van der Waals surface area contributed by atoms with E-state index >= 15 is 0 Å². The molecule has 4 rings (SSSR count). The molecule has 9 heteroatoms. The lowest BCUT2D eigenvalue weighted by atomic mass is 10.0. The summed E-state index contributed by atoms with van der Waals surface area (Å²) in [5, 5.41) is 5.25. The van der Waals surface area contributed by atoms with Gasteiger partial charge in [-0.3, -0.25) is 9.48 Å². The van der Waals surface area contributed by atoms with Gasteiger partial charge in [-0.05, 0) is 69.9 Å². The number of amides is 1. The number of aryl methyl sites for hydroxylation is 5. The van der Waals surface area contributed by atoms with Gasteiger partial charge in [0.05, 0.1) is 21.8 Å². The predicted octanol–water partition coefficient (Wildman–Crippen LogP) is 2.97. The molecule has 33 heavy (non-hydrogen) atoms. The highest BCUT2D eigenvalue weighted by Gasteiger charge is 2.33. The van der Waals surface area contributed by atoms with Crippen molar-refractivity contribution in [1.29, 1.82) is 0 Å². The molecule has 1 aromatic carbocycles. The molecule has 2 aromatic heterocycles. The molecule has 0 unspecified atom stereocenters. The van der Waals surface area contributed by atoms with Gasteiger partial charge in [-0.25, -0.2) is 13.4 Å². The molecule has 1 fully saturated rings. The number of hydrogen-bond donors (Lipinski definition) is 0. The first kappa shape index (κ1) is 23.4. The van der Waals surface area contributed by atoms with Gasteiger partial charge < -0.3 is 4.90 Å². The Balaban J connectivity index is 1.57. The molecular formula is C24H31N5O3S. The van der Waals surface area contributed by atoms with Crippen LogP contribution in [0.15, 0.2) is 17.0 Å². The summed E-state index contributed by atoms with van der Waals surface area (Å²) in [7, 11) is -1.81. The molecule has 1 saturated heterocycles. The number of piperazine rings is 1. The molecule has 0 aliphatic carbocycles. The maximum absolute atomic E-state index is 13.5. The average molecular weight is 470 g/mol. The zero-order chi connectivity index (χ0) is 24.2. The van der Waals surface area contributed by atoms with Gasteiger partial charge in [0.25, 0.3) is 5.91 Å². The summed E-state index contributed by atoms with van der Waals surface area (Å²) in [4.78, 5) is 20.0. The lowest BCUT2D eigenvalue weighted by molar-refractivity contribution is 0.0697. The Morgan fingerprint density at radius 2 is 1.45 bits per heavy atom. The van der Waals surface area contributed by atoms with Gasteiger partial charge in [-0.15, -0.1) is 0 Å². The Kier molecular flexibility index (Phi) is 5.82. The van der Waals surface area contributed by atoms with Crippen LogP contribution in [0.5, 0.6) is 0 Å². The van der Waals surface area contributed by atoms with Crippen molar-refractivity contribution in [3.05, 3.63) is 51.3 Å². The normalized spacial score (nSPS) is 15.4. The molecule has 1 aliphatic heterocycles. The number of nitrogens with zero attached hydrogens (tertiary/aromatic N) is 5. The van der Waals surface area contributed by atoms with E-state index in [0.29, 0.717) is 29.2 Å². The van der Waals surface area contributed by atoms with Crippen molar-refractivity contribution in [2.75, 3.05) is 26.2 Å². The van der Waals surface area contributed by atoms with Crippen molar-refractivity contribution < 1.29 is 13.2 Å². The summed E-state index contributed by atoms with van der Waals surface area (Å²) in [5.41, 5.74) is 6.27. The molecule has 0 bridgehead atoms. The number of aromatic nitrogens is 3. The van der Waals surface area contributed by atoms with Gasteiger partial charge in [-0.1, -0.05) is 6.07 Å². The van der Waals surface area contributed by atoms with Crippen LogP contribution >= 0.6 is 0 Å². The molecule has 8 nitrogen and oxygen atoms in total. The van der Waals surface area contributed by atoms with E-state index < -0.39 is 10.0 Å². The van der Waals surface area contributed by atoms with E-state index in [1.54, 1.807) is 9.58 Å². The van der Waals surface area contributed by atoms with Crippen LogP contribution in [-0.4, -0.2) is 64.5 Å². The molecule has 1 aliphatic rings. The zero-order valence-electron chi connectivity index (χ0n) is 20.4. The Bertz CT molecular complexity index is 1360. The first-order chi connectivity index (χ1) is 15.4. The Morgan fingerprint density at radius 3 is 2.03 bits per heavy atom. The quantitative estimate of drug-likeness (QED) is 0.588. The van der Waals surface area contributed by atoms with Crippen molar-refractivity contribution in [3.63, 3.8) is 0 Å². The second-order valence-corrected chi connectivity index (χ2v) is 10.9. The van der Waals surface area contributed by atoms with Gasteiger partial charge in [0.2, 0.25) is 10.0 Å². The van der Waals surface area contributed by atoms with Crippen molar-refractivity contribution >= 4 is 27.0 Å². The zero-order valence-corrected chi connectivity index (χ0v) is 21.2. The highest BCUT2D eigenvalue weighted by molar-refractivity contribution is 7.89. The molecule has 0 spiro atoms. The second-order valence-electron chi connectivity index (χ2n) is 8.99. The fraction of sp³-hybridized carbons (Fsp3) is 0.458. The number of pyridine rings is 1. The molecule has 0 atom stereocenters. The number of hydrogen-bond acceptors (Lipinski definition) is 5. The molecule has 1 amide bonds. The minimum atomic E-state index is -3.65. The lowest BCUT2D eigenvalue weighted by Gasteiger charge is -2.35. The maximum Gasteiger partial charge on any atom is 0.255 e. The van der Waals surface area contributed by atoms with E-state index in [-0.39, 0.29) is 19.0 Å². The molecular weight excluding hydrogens is 438 g/mol. The van der Waals surface area contributed by atoms with Crippen LogP contribution in [0.2, 0.25) is 0 Å². The highest BCUT2D eigenvalue weighted by atomic mass is 32.2. The molecule has 176 valence electrons. The van der Waals surface area contributed by atoms with Crippen LogP contribution in [0.4, 0.5) is 0 Å². The third kappa shape index (κ3) is 3.83. The Hall–Kier alpha value is -2.78. The summed E-state index contributed by atoms with van der Waals surface area (Å²) in [6, 6.07) is 3.88. The number of benzene rings is 1. The molecule has 0 N–H and O–H groups in total. The van der Waals surface area contributed by atoms with Crippen molar-refractivity contribution in [2.24, 2.45) is 7.05 Å². The molecule has 0 saturated carbocycles. The fourth-order valence-electron chi connectivity index (χ4n) is 4.65. The standard InChI is InChI=1S/C24H31N5O3S/c1-14-12-15(2)17(4)22(16(14)3)33(31,32)29-10-8-28(9-11-29)24(30)21-13-20-19(6)26-27(7)23(20)25-18(21)5/h12-13H,8-11H2,1-7H3. The van der Waals surface area contributed by atoms with Crippen LogP contribution < -0.4 is 0 Å². The van der Waals surface area contributed by atoms with Gasteiger partial charge >= 0.3 is 0 Å². The SMILES string of the molecule is Cc1cc(C)c(C)c(S(=O)(=O)N2CCN(C(=O)c3cc4c(C)nn(C)c4nc3C)CC2)c1C. The summed E-state index contributed by atoms with van der Waals surface area (Å²) in [6.07, 6.45) is 0. The van der Waals surface area contributed by atoms with Crippen LogP contribution in [0.25, 0.3) is 11.0 Å². The van der Waals surface area contributed by atoms with E-state index in [0.717, 1.165) is 39.0 Å². The van der Waals surface area contributed by atoms with E-state index in [2.05, 4.69) is 10.1 Å². The van der Waals surface area contributed by atoms with E-state index in [1.165, 1.54) is 4.31 Å². The van der Waals surface area contributed by atoms with Crippen molar-refractivity contribution in [2.45, 2.75) is 46.4 Å². The number of rotatable bonds is 3. The van der Waals surface area contributed by atoms with E-state index in [1.807, 2.05) is 60.7 Å². The lowest BCUT2D eigenvalue weighted by Crippen LogP contribution is -2.50. The molecule has 3 heterocycles. The van der Waals surface area contributed by atoms with Crippen LogP contribution in [-0.2, 0) is 17.1 Å². The number of carbonyl (C=O) groups is 1. The van der Waals surface area contributed by atoms with E-state index in [4.69, 9.17) is 0 Å². The van der Waals surface area contributed by atoms with Crippen molar-refractivity contribution in [3.8, 4) is 0 Å². The minimum absolute atomic E-state index is 0.124. The highest BCUT2D eigenvalue weighted by Crippen LogP contribution is 2.29. The van der Waals surface area contributed by atoms with Crippen LogP contribution in [0.3, 0.4) is 0 Å².